The lowest BCUT2D eigenvalue weighted by Gasteiger charge is -2.37. The molecule has 18 heavy (non-hydrogen) atoms. The van der Waals surface area contributed by atoms with Gasteiger partial charge in [0, 0.05) is 0 Å². The van der Waals surface area contributed by atoms with Crippen molar-refractivity contribution in [2.75, 3.05) is 0 Å². The SMILES string of the molecule is CCC1CCC(C(O)C2CC(C)=CC(C)C2)CC1. The average Bonchev–Trinajstić information content (AvgIpc) is 2.37. The van der Waals surface area contributed by atoms with E-state index in [1.54, 1.807) is 0 Å². The summed E-state index contributed by atoms with van der Waals surface area (Å²) in [7, 11) is 0. The molecule has 104 valence electrons. The van der Waals surface area contributed by atoms with Gasteiger partial charge in [-0.05, 0) is 56.3 Å². The molecule has 0 aromatic rings. The molecular weight excluding hydrogens is 220 g/mol. The fraction of sp³-hybridized carbons (Fsp3) is 0.882. The minimum Gasteiger partial charge on any atom is -0.393 e. The summed E-state index contributed by atoms with van der Waals surface area (Å²) in [5, 5.41) is 10.7. The van der Waals surface area contributed by atoms with Crippen molar-refractivity contribution in [3.63, 3.8) is 0 Å². The maximum atomic E-state index is 10.7. The predicted molar refractivity (Wildman–Crippen MR) is 77.4 cm³/mol. The second-order valence-electron chi connectivity index (χ2n) is 6.87. The number of aliphatic hydroxyl groups excluding tert-OH is 1. The molecule has 3 unspecified atom stereocenters. The smallest absolute Gasteiger partial charge is 0.0599 e. The summed E-state index contributed by atoms with van der Waals surface area (Å²) >= 11 is 0. The Morgan fingerprint density at radius 1 is 1.22 bits per heavy atom. The van der Waals surface area contributed by atoms with E-state index >= 15 is 0 Å². The van der Waals surface area contributed by atoms with Gasteiger partial charge in [0.15, 0.2) is 0 Å². The van der Waals surface area contributed by atoms with Crippen LogP contribution in [0.2, 0.25) is 0 Å². The van der Waals surface area contributed by atoms with Gasteiger partial charge in [-0.1, -0.05) is 44.8 Å². The number of hydrogen-bond acceptors (Lipinski definition) is 1. The van der Waals surface area contributed by atoms with Gasteiger partial charge in [0.2, 0.25) is 0 Å². The van der Waals surface area contributed by atoms with Gasteiger partial charge in [0.05, 0.1) is 6.10 Å². The summed E-state index contributed by atoms with van der Waals surface area (Å²) in [6, 6.07) is 0. The Bertz CT molecular complexity index is 286. The molecule has 0 aromatic heterocycles. The molecule has 2 aliphatic carbocycles. The average molecular weight is 250 g/mol. The first kappa shape index (κ1) is 14.1. The maximum absolute atomic E-state index is 10.7. The fourth-order valence-electron chi connectivity index (χ4n) is 4.18. The van der Waals surface area contributed by atoms with E-state index in [1.807, 2.05) is 0 Å². The van der Waals surface area contributed by atoms with Crippen molar-refractivity contribution in [3.05, 3.63) is 11.6 Å². The second-order valence-corrected chi connectivity index (χ2v) is 6.87. The van der Waals surface area contributed by atoms with Gasteiger partial charge in [-0.3, -0.25) is 0 Å². The van der Waals surface area contributed by atoms with Crippen LogP contribution in [-0.4, -0.2) is 11.2 Å². The Morgan fingerprint density at radius 2 is 1.89 bits per heavy atom. The summed E-state index contributed by atoms with van der Waals surface area (Å²) in [6.45, 7) is 6.82. The molecule has 2 aliphatic rings. The van der Waals surface area contributed by atoms with Gasteiger partial charge in [-0.2, -0.15) is 0 Å². The van der Waals surface area contributed by atoms with Crippen LogP contribution in [0.1, 0.15) is 65.7 Å². The Labute approximate surface area is 113 Å². The molecule has 0 spiro atoms. The molecule has 0 bridgehead atoms. The molecule has 0 radical (unpaired) electrons. The van der Waals surface area contributed by atoms with Gasteiger partial charge in [-0.25, -0.2) is 0 Å². The lowest BCUT2D eigenvalue weighted by Crippen LogP contribution is -2.34. The van der Waals surface area contributed by atoms with Gasteiger partial charge < -0.3 is 5.11 Å². The summed E-state index contributed by atoms with van der Waals surface area (Å²) in [6.07, 6.45) is 11.2. The predicted octanol–water partition coefficient (Wildman–Crippen LogP) is 4.56. The molecule has 3 atom stereocenters. The zero-order valence-electron chi connectivity index (χ0n) is 12.4. The van der Waals surface area contributed by atoms with Crippen LogP contribution in [0, 0.1) is 23.7 Å². The third kappa shape index (κ3) is 3.38. The van der Waals surface area contributed by atoms with Crippen LogP contribution in [0.5, 0.6) is 0 Å². The highest BCUT2D eigenvalue weighted by atomic mass is 16.3. The molecule has 0 amide bonds. The maximum Gasteiger partial charge on any atom is 0.0599 e. The van der Waals surface area contributed by atoms with Gasteiger partial charge in [0.1, 0.15) is 0 Å². The van der Waals surface area contributed by atoms with E-state index in [0.29, 0.717) is 17.8 Å². The fourth-order valence-corrected chi connectivity index (χ4v) is 4.18. The summed E-state index contributed by atoms with van der Waals surface area (Å²) in [5.41, 5.74) is 1.49. The van der Waals surface area contributed by atoms with Gasteiger partial charge >= 0.3 is 0 Å². The molecule has 1 fully saturated rings. The molecular formula is C17H30O. The zero-order chi connectivity index (χ0) is 13.1. The second kappa shape index (κ2) is 6.23. The van der Waals surface area contributed by atoms with E-state index < -0.39 is 0 Å². The van der Waals surface area contributed by atoms with Crippen LogP contribution in [-0.2, 0) is 0 Å². The molecule has 1 nitrogen and oxygen atoms in total. The highest BCUT2D eigenvalue weighted by molar-refractivity contribution is 5.07. The van der Waals surface area contributed by atoms with Crippen molar-refractivity contribution in [2.45, 2.75) is 71.8 Å². The van der Waals surface area contributed by atoms with E-state index in [2.05, 4.69) is 26.8 Å². The third-order valence-corrected chi connectivity index (χ3v) is 5.26. The van der Waals surface area contributed by atoms with Crippen LogP contribution >= 0.6 is 0 Å². The lowest BCUT2D eigenvalue weighted by atomic mass is 9.71. The molecule has 1 N–H and O–H groups in total. The van der Waals surface area contributed by atoms with Crippen LogP contribution in [0.4, 0.5) is 0 Å². The van der Waals surface area contributed by atoms with E-state index in [-0.39, 0.29) is 6.10 Å². The van der Waals surface area contributed by atoms with E-state index in [4.69, 9.17) is 0 Å². The molecule has 0 aromatic carbocycles. The normalized spacial score (nSPS) is 39.2. The molecule has 0 saturated heterocycles. The Balaban J connectivity index is 1.88. The number of hydrogen-bond donors (Lipinski definition) is 1. The van der Waals surface area contributed by atoms with Crippen molar-refractivity contribution >= 4 is 0 Å². The van der Waals surface area contributed by atoms with Crippen molar-refractivity contribution in [1.29, 1.82) is 0 Å². The molecule has 1 heteroatoms. The highest BCUT2D eigenvalue weighted by Gasteiger charge is 2.32. The summed E-state index contributed by atoms with van der Waals surface area (Å²) in [5.74, 6) is 2.69. The van der Waals surface area contributed by atoms with E-state index in [9.17, 15) is 5.11 Å². The minimum absolute atomic E-state index is 0.0473. The van der Waals surface area contributed by atoms with Crippen molar-refractivity contribution in [3.8, 4) is 0 Å². The summed E-state index contributed by atoms with van der Waals surface area (Å²) in [4.78, 5) is 0. The zero-order valence-corrected chi connectivity index (χ0v) is 12.4. The Kier molecular flexibility index (Phi) is 4.89. The number of rotatable bonds is 3. The standard InChI is InChI=1S/C17H30O/c1-4-14-5-7-15(8-6-14)17(18)16-10-12(2)9-13(3)11-16/h9,12,14-18H,4-8,10-11H2,1-3H3. The van der Waals surface area contributed by atoms with Crippen LogP contribution in [0.15, 0.2) is 11.6 Å². The topological polar surface area (TPSA) is 20.2 Å². The molecule has 0 heterocycles. The molecule has 0 aliphatic heterocycles. The Hall–Kier alpha value is -0.300. The first-order valence-corrected chi connectivity index (χ1v) is 7.95. The lowest BCUT2D eigenvalue weighted by molar-refractivity contribution is 0.0170. The van der Waals surface area contributed by atoms with E-state index in [1.165, 1.54) is 44.1 Å². The van der Waals surface area contributed by atoms with Gasteiger partial charge in [0.25, 0.3) is 0 Å². The van der Waals surface area contributed by atoms with Crippen LogP contribution in [0.25, 0.3) is 0 Å². The largest absolute Gasteiger partial charge is 0.393 e. The van der Waals surface area contributed by atoms with Crippen molar-refractivity contribution in [2.24, 2.45) is 23.7 Å². The first-order chi connectivity index (χ1) is 8.60. The number of allylic oxidation sites excluding steroid dienone is 2. The summed E-state index contributed by atoms with van der Waals surface area (Å²) < 4.78 is 0. The minimum atomic E-state index is -0.0473. The quantitative estimate of drug-likeness (QED) is 0.728. The Morgan fingerprint density at radius 3 is 2.44 bits per heavy atom. The molecule has 1 saturated carbocycles. The van der Waals surface area contributed by atoms with Gasteiger partial charge in [-0.15, -0.1) is 0 Å². The monoisotopic (exact) mass is 250 g/mol. The van der Waals surface area contributed by atoms with Crippen LogP contribution in [0.3, 0.4) is 0 Å². The van der Waals surface area contributed by atoms with Crippen LogP contribution < -0.4 is 0 Å². The number of aliphatic hydroxyl groups is 1. The van der Waals surface area contributed by atoms with Crippen molar-refractivity contribution in [1.82, 2.24) is 0 Å². The van der Waals surface area contributed by atoms with Crippen molar-refractivity contribution < 1.29 is 5.11 Å². The van der Waals surface area contributed by atoms with E-state index in [0.717, 1.165) is 12.3 Å². The first-order valence-electron chi connectivity index (χ1n) is 7.95. The molecule has 2 rings (SSSR count). The highest BCUT2D eigenvalue weighted by Crippen LogP contribution is 2.39. The third-order valence-electron chi connectivity index (χ3n) is 5.26.